The first kappa shape index (κ1) is 4.43. The molecule has 0 aliphatic rings. The fraction of sp³-hybridized carbons (Fsp3) is 0.421. The van der Waals surface area contributed by atoms with Crippen LogP contribution < -0.4 is 4.57 Å². The predicted octanol–water partition coefficient (Wildman–Crippen LogP) is 4.54. The van der Waals surface area contributed by atoms with Crippen molar-refractivity contribution in [1.29, 1.82) is 0 Å². The molecule has 0 bridgehead atoms. The highest BCUT2D eigenvalue weighted by Crippen LogP contribution is 2.28. The number of hydrogen-bond acceptors (Lipinski definition) is 0. The van der Waals surface area contributed by atoms with Crippen molar-refractivity contribution in [2.24, 2.45) is 7.05 Å². The third kappa shape index (κ3) is 2.49. The summed E-state index contributed by atoms with van der Waals surface area (Å²) in [6, 6.07) is 3.43. The summed E-state index contributed by atoms with van der Waals surface area (Å²) in [6.07, 6.45) is 1.02. The molecule has 0 radical (unpaired) electrons. The van der Waals surface area contributed by atoms with Gasteiger partial charge in [-0.25, -0.2) is 4.57 Å². The Kier molecular flexibility index (Phi) is 1.20. The molecule has 0 aliphatic heterocycles. The minimum absolute atomic E-state index is 0.105. The van der Waals surface area contributed by atoms with E-state index in [0.717, 1.165) is 18.3 Å². The van der Waals surface area contributed by atoms with Crippen LogP contribution in [-0.2, 0) is 7.05 Å². The van der Waals surface area contributed by atoms with Crippen molar-refractivity contribution >= 4 is 0 Å². The molecule has 0 fully saturated rings. The SMILES string of the molecule is [2H]C([2H])([2H])c1c[n+](C)c(-c2ccc(C([2H])(C([2H])([2H])[2H])C([2H])([2H])[2H])cc2C)c(C([2H])([2H])[2H])c1C([2H])([2H])[2H]. The van der Waals surface area contributed by atoms with Crippen LogP contribution in [0.5, 0.6) is 0 Å². The summed E-state index contributed by atoms with van der Waals surface area (Å²) in [4.78, 5) is 0. The summed E-state index contributed by atoms with van der Waals surface area (Å²) < 4.78 is 127. The zero-order valence-corrected chi connectivity index (χ0v) is 11.3. The summed E-state index contributed by atoms with van der Waals surface area (Å²) in [5.41, 5.74) is -2.44. The van der Waals surface area contributed by atoms with Crippen molar-refractivity contribution in [2.45, 2.75) is 47.1 Å². The molecule has 0 saturated heterocycles. The van der Waals surface area contributed by atoms with E-state index in [4.69, 9.17) is 21.9 Å². The monoisotopic (exact) mass is 284 g/mol. The largest absolute Gasteiger partial charge is 0.215 e. The smallest absolute Gasteiger partial charge is 0.201 e. The summed E-state index contributed by atoms with van der Waals surface area (Å²) >= 11 is 0. The average Bonchev–Trinajstić information content (AvgIpc) is 2.62. The number of nitrogens with zero attached hydrogens (tertiary/aromatic N) is 1. The molecule has 0 saturated carbocycles. The van der Waals surface area contributed by atoms with Gasteiger partial charge in [-0.15, -0.1) is 0 Å². The van der Waals surface area contributed by atoms with Crippen molar-refractivity contribution in [2.75, 3.05) is 0 Å². The maximum Gasteiger partial charge on any atom is 0.215 e. The zero-order chi connectivity index (χ0) is 28.4. The molecule has 20 heavy (non-hydrogen) atoms. The summed E-state index contributed by atoms with van der Waals surface area (Å²) in [7, 11) is 1.34. The number of rotatable bonds is 2. The molecule has 1 aromatic carbocycles. The lowest BCUT2D eigenvalue weighted by Gasteiger charge is -2.13. The number of aromatic nitrogens is 1. The Morgan fingerprint density at radius 3 is 2.50 bits per heavy atom. The van der Waals surface area contributed by atoms with Gasteiger partial charge in [-0.3, -0.25) is 0 Å². The van der Waals surface area contributed by atoms with Crippen LogP contribution in [0.15, 0.2) is 24.4 Å². The van der Waals surface area contributed by atoms with E-state index in [2.05, 4.69) is 0 Å². The number of pyridine rings is 1. The second-order valence-corrected chi connectivity index (χ2v) is 4.66. The van der Waals surface area contributed by atoms with Crippen LogP contribution in [0.4, 0.5) is 0 Å². The Labute approximate surface area is 145 Å². The molecule has 1 heteroatoms. The van der Waals surface area contributed by atoms with Crippen LogP contribution in [-0.4, -0.2) is 0 Å². The highest BCUT2D eigenvalue weighted by Gasteiger charge is 2.19. The molecule has 2 rings (SSSR count). The first-order chi connectivity index (χ1) is 15.8. The fourth-order valence-corrected chi connectivity index (χ4v) is 2.16. The Bertz CT molecular complexity index is 1130. The van der Waals surface area contributed by atoms with Gasteiger partial charge in [0.2, 0.25) is 5.69 Å². The van der Waals surface area contributed by atoms with Crippen LogP contribution in [0, 0.1) is 27.5 Å². The molecule has 1 nitrogen and oxygen atoms in total. The quantitative estimate of drug-likeness (QED) is 0.713. The molecule has 0 unspecified atom stereocenters. The third-order valence-corrected chi connectivity index (χ3v) is 3.20. The van der Waals surface area contributed by atoms with Crippen LogP contribution in [0.25, 0.3) is 11.3 Å². The summed E-state index contributed by atoms with van der Waals surface area (Å²) in [5.74, 6) is -2.99. The third-order valence-electron chi connectivity index (χ3n) is 3.20. The maximum atomic E-state index is 8.38. The van der Waals surface area contributed by atoms with Crippen molar-refractivity contribution in [1.82, 2.24) is 0 Å². The van der Waals surface area contributed by atoms with Crippen LogP contribution in [0.3, 0.4) is 0 Å². The second-order valence-electron chi connectivity index (χ2n) is 4.66. The van der Waals surface area contributed by atoms with Gasteiger partial charge in [0, 0.05) is 38.6 Å². The lowest BCUT2D eigenvalue weighted by molar-refractivity contribution is -0.661. The van der Waals surface area contributed by atoms with Gasteiger partial charge in [-0.1, -0.05) is 25.8 Å². The predicted molar refractivity (Wildman–Crippen MR) is 86.1 cm³/mol. The van der Waals surface area contributed by atoms with E-state index in [1.54, 1.807) is 0 Å². The van der Waals surface area contributed by atoms with Crippen molar-refractivity contribution in [3.8, 4) is 11.3 Å². The highest BCUT2D eigenvalue weighted by atomic mass is 14.9. The molecule has 0 N–H and O–H groups in total. The van der Waals surface area contributed by atoms with E-state index in [1.165, 1.54) is 24.6 Å². The van der Waals surface area contributed by atoms with E-state index < -0.39 is 56.8 Å². The molecule has 0 atom stereocenters. The van der Waals surface area contributed by atoms with Crippen molar-refractivity contribution in [3.63, 3.8) is 0 Å². The van der Waals surface area contributed by atoms with E-state index in [-0.39, 0.29) is 22.4 Å². The first-order valence-electron chi connectivity index (χ1n) is 14.0. The average molecular weight is 285 g/mol. The normalized spacial score (nSPS) is 26.7. The molecule has 106 valence electrons. The molecule has 0 aliphatic carbocycles. The van der Waals surface area contributed by atoms with Gasteiger partial charge < -0.3 is 0 Å². The van der Waals surface area contributed by atoms with Gasteiger partial charge in [-0.2, -0.15) is 0 Å². The first-order valence-corrected chi connectivity index (χ1v) is 5.96. The number of benzene rings is 1. The Hall–Kier alpha value is -1.63. The van der Waals surface area contributed by atoms with E-state index in [1.807, 2.05) is 0 Å². The maximum absolute atomic E-state index is 8.38. The molecule has 0 spiro atoms. The van der Waals surface area contributed by atoms with E-state index >= 15 is 0 Å². The van der Waals surface area contributed by atoms with E-state index in [9.17, 15) is 0 Å². The zero-order valence-electron chi connectivity index (χ0n) is 27.3. The number of hydrogen-bond donors (Lipinski definition) is 0. The molecular weight excluding hydrogens is 242 g/mol. The molecule has 1 heterocycles. The summed E-state index contributed by atoms with van der Waals surface area (Å²) in [6.45, 7) is -14.2. The Balaban J connectivity index is 3.05. The van der Waals surface area contributed by atoms with Gasteiger partial charge in [-0.05, 0) is 56.1 Å². The lowest BCUT2D eigenvalue weighted by atomic mass is 9.93. The van der Waals surface area contributed by atoms with Crippen molar-refractivity contribution < 1.29 is 26.5 Å². The lowest BCUT2D eigenvalue weighted by Crippen LogP contribution is -2.33. The van der Waals surface area contributed by atoms with E-state index in [0.29, 0.717) is 0 Å². The van der Waals surface area contributed by atoms with Gasteiger partial charge in [0.15, 0.2) is 6.20 Å². The van der Waals surface area contributed by atoms with Crippen LogP contribution in [0.1, 0.15) is 69.3 Å². The van der Waals surface area contributed by atoms with Crippen LogP contribution >= 0.6 is 0 Å². The molecule has 1 aromatic heterocycles. The fourth-order valence-electron chi connectivity index (χ4n) is 2.16. The Morgan fingerprint density at radius 1 is 1.10 bits per heavy atom. The van der Waals surface area contributed by atoms with Gasteiger partial charge in [0.1, 0.15) is 7.05 Å². The van der Waals surface area contributed by atoms with Gasteiger partial charge >= 0.3 is 0 Å². The minimum Gasteiger partial charge on any atom is -0.201 e. The van der Waals surface area contributed by atoms with Crippen molar-refractivity contribution in [3.05, 3.63) is 52.2 Å². The minimum atomic E-state index is -3.24. The standard InChI is InChI=1S/C19H26N/c1-12(2)17-8-9-18(13(3)10-17)19-16(6)15(5)14(4)11-20(19)7/h8-12H,1-7H3/q+1/i1D3,2D3,4D3,5D3,6D3,12D. The molecule has 2 aromatic rings. The van der Waals surface area contributed by atoms with Gasteiger partial charge in [0.05, 0.1) is 0 Å². The summed E-state index contributed by atoms with van der Waals surface area (Å²) in [5, 5.41) is 0. The number of aryl methyl sites for hydroxylation is 3. The second kappa shape index (κ2) is 5.40. The molecule has 0 amide bonds. The Morgan fingerprint density at radius 2 is 1.90 bits per heavy atom. The van der Waals surface area contributed by atoms with Gasteiger partial charge in [0.25, 0.3) is 0 Å². The topological polar surface area (TPSA) is 3.88 Å². The van der Waals surface area contributed by atoms with Crippen LogP contribution in [0.2, 0.25) is 0 Å². The molecular formula is C19H26N+. The highest BCUT2D eigenvalue weighted by molar-refractivity contribution is 5.66.